The van der Waals surface area contributed by atoms with Crippen LogP contribution in [0.15, 0.2) is 0 Å². The Hall–Kier alpha value is 0.394. The molecular formula is C18H41IN2O6Si2. The Morgan fingerprint density at radius 2 is 1.34 bits per heavy atom. The third-order valence-corrected chi connectivity index (χ3v) is 10.9. The first-order valence-electron chi connectivity index (χ1n) is 10.4. The maximum atomic E-state index is 5.94. The van der Waals surface area contributed by atoms with Crippen molar-refractivity contribution in [1.82, 2.24) is 4.90 Å². The summed E-state index contributed by atoms with van der Waals surface area (Å²) in [7, 11) is 0.00332. The van der Waals surface area contributed by atoms with Crippen molar-refractivity contribution in [3.05, 3.63) is 0 Å². The molecule has 0 N–H and O–H groups in total. The summed E-state index contributed by atoms with van der Waals surface area (Å²) in [5, 5.41) is 0. The zero-order valence-electron chi connectivity index (χ0n) is 19.1. The third-order valence-electron chi connectivity index (χ3n) is 4.88. The van der Waals surface area contributed by atoms with Gasteiger partial charge in [0.2, 0.25) is 6.34 Å². The number of hydrogen-bond donors (Lipinski definition) is 0. The highest BCUT2D eigenvalue weighted by Crippen LogP contribution is 2.19. The number of halogens is 1. The van der Waals surface area contributed by atoms with Gasteiger partial charge in [0.25, 0.3) is 0 Å². The van der Waals surface area contributed by atoms with Crippen molar-refractivity contribution in [2.45, 2.75) is 45.7 Å². The fourth-order valence-electron chi connectivity index (χ4n) is 3.50. The molecule has 0 fully saturated rings. The van der Waals surface area contributed by atoms with E-state index in [1.807, 2.05) is 20.8 Å². The van der Waals surface area contributed by atoms with E-state index < -0.39 is 17.6 Å². The minimum atomic E-state index is -2.53. The number of rotatable bonds is 17. The van der Waals surface area contributed by atoms with Crippen LogP contribution in [0, 0.1) is 0 Å². The molecule has 1 aliphatic heterocycles. The van der Waals surface area contributed by atoms with E-state index in [1.54, 1.807) is 21.3 Å². The fourth-order valence-corrected chi connectivity index (χ4v) is 7.79. The van der Waals surface area contributed by atoms with E-state index in [9.17, 15) is 0 Å². The molecule has 0 amide bonds. The molecule has 0 spiro atoms. The lowest BCUT2D eigenvalue weighted by Crippen LogP contribution is -3.00. The zero-order valence-corrected chi connectivity index (χ0v) is 23.2. The van der Waals surface area contributed by atoms with E-state index in [0.717, 1.165) is 51.1 Å². The van der Waals surface area contributed by atoms with Gasteiger partial charge in [0.15, 0.2) is 0 Å². The molecule has 0 aromatic heterocycles. The number of nitrogens with zero attached hydrogens (tertiary/aromatic N) is 2. The van der Waals surface area contributed by atoms with E-state index in [4.69, 9.17) is 26.6 Å². The van der Waals surface area contributed by atoms with Crippen LogP contribution in [0.1, 0.15) is 33.6 Å². The molecule has 0 saturated carbocycles. The SMILES string of the molecule is CCO[Si](CCC[N+]1=CN(CCC[Si](OC)(OC)OC)CC1)(OCC)OCC.[I-]. The Balaban J connectivity index is 0.00000784. The first-order valence-corrected chi connectivity index (χ1v) is 14.3. The number of hydrogen-bond acceptors (Lipinski definition) is 7. The molecule has 0 aromatic rings. The van der Waals surface area contributed by atoms with Crippen LogP contribution in [-0.4, -0.2) is 101 Å². The molecule has 0 unspecified atom stereocenters. The largest absolute Gasteiger partial charge is 1.00 e. The Morgan fingerprint density at radius 1 is 0.828 bits per heavy atom. The van der Waals surface area contributed by atoms with Gasteiger partial charge < -0.3 is 50.5 Å². The van der Waals surface area contributed by atoms with Gasteiger partial charge in [-0.2, -0.15) is 0 Å². The quantitative estimate of drug-likeness (QED) is 0.128. The summed E-state index contributed by atoms with van der Waals surface area (Å²) in [6.07, 6.45) is 4.23. The predicted octanol–water partition coefficient (Wildman–Crippen LogP) is -0.946. The fraction of sp³-hybridized carbons (Fsp3) is 0.944. The van der Waals surface area contributed by atoms with Crippen LogP contribution in [0.4, 0.5) is 0 Å². The van der Waals surface area contributed by atoms with E-state index in [1.165, 1.54) is 0 Å². The maximum absolute atomic E-state index is 5.94. The highest BCUT2D eigenvalue weighted by Gasteiger charge is 2.40. The lowest BCUT2D eigenvalue weighted by Gasteiger charge is -2.28. The van der Waals surface area contributed by atoms with Gasteiger partial charge >= 0.3 is 17.6 Å². The molecule has 1 heterocycles. The molecule has 8 nitrogen and oxygen atoms in total. The molecule has 0 saturated heterocycles. The Labute approximate surface area is 196 Å². The van der Waals surface area contributed by atoms with Gasteiger partial charge in [0.1, 0.15) is 13.1 Å². The van der Waals surface area contributed by atoms with Crippen molar-refractivity contribution in [3.63, 3.8) is 0 Å². The third kappa shape index (κ3) is 10.0. The molecule has 1 aliphatic rings. The second-order valence-electron chi connectivity index (χ2n) is 6.67. The standard InChI is InChI=1S/C18H41N2O6Si2.HI/c1-7-24-28(25-8-2,26-9-3)17-11-13-20-15-14-19(18-20)12-10-16-27(21-4,22-5)23-6;/h18H,7-17H2,1-6H3;1H/q+1;/p-1. The van der Waals surface area contributed by atoms with E-state index in [-0.39, 0.29) is 24.0 Å². The average molecular weight is 565 g/mol. The van der Waals surface area contributed by atoms with Gasteiger partial charge in [-0.1, -0.05) is 0 Å². The first kappa shape index (κ1) is 29.4. The van der Waals surface area contributed by atoms with Crippen molar-refractivity contribution in [2.24, 2.45) is 0 Å². The zero-order chi connectivity index (χ0) is 20.9. The van der Waals surface area contributed by atoms with Gasteiger partial charge in [-0.3, -0.25) is 9.48 Å². The molecule has 11 heteroatoms. The molecule has 1 rings (SSSR count). The summed E-state index contributed by atoms with van der Waals surface area (Å²) in [5.41, 5.74) is 0. The van der Waals surface area contributed by atoms with E-state index in [0.29, 0.717) is 19.8 Å². The summed E-state index contributed by atoms with van der Waals surface area (Å²) in [6, 6.07) is 1.68. The van der Waals surface area contributed by atoms with Crippen molar-refractivity contribution in [2.75, 3.05) is 67.3 Å². The molecular weight excluding hydrogens is 523 g/mol. The first-order chi connectivity index (χ1) is 13.5. The molecule has 0 bridgehead atoms. The van der Waals surface area contributed by atoms with Gasteiger partial charge in [-0.15, -0.1) is 0 Å². The van der Waals surface area contributed by atoms with Gasteiger partial charge in [0.05, 0.1) is 13.1 Å². The summed E-state index contributed by atoms with van der Waals surface area (Å²) >= 11 is 0. The van der Waals surface area contributed by atoms with Crippen LogP contribution < -0.4 is 24.0 Å². The highest BCUT2D eigenvalue weighted by atomic mass is 127. The lowest BCUT2D eigenvalue weighted by atomic mass is 10.4. The highest BCUT2D eigenvalue weighted by molar-refractivity contribution is 6.61. The van der Waals surface area contributed by atoms with E-state index >= 15 is 0 Å². The Kier molecular flexibility index (Phi) is 16.3. The molecule has 29 heavy (non-hydrogen) atoms. The van der Waals surface area contributed by atoms with Crippen LogP contribution in [0.2, 0.25) is 12.1 Å². The van der Waals surface area contributed by atoms with Gasteiger partial charge in [0, 0.05) is 53.2 Å². The van der Waals surface area contributed by atoms with Crippen LogP contribution in [0.5, 0.6) is 0 Å². The second-order valence-corrected chi connectivity index (χ2v) is 12.5. The van der Waals surface area contributed by atoms with Crippen LogP contribution in [-0.2, 0) is 26.6 Å². The van der Waals surface area contributed by atoms with Crippen molar-refractivity contribution < 1.29 is 55.1 Å². The topological polar surface area (TPSA) is 61.6 Å². The molecule has 0 atom stereocenters. The molecule has 0 aliphatic carbocycles. The average Bonchev–Trinajstić information content (AvgIpc) is 3.14. The van der Waals surface area contributed by atoms with Crippen molar-refractivity contribution in [3.8, 4) is 0 Å². The smallest absolute Gasteiger partial charge is 0.501 e. The van der Waals surface area contributed by atoms with Gasteiger partial charge in [-0.25, -0.2) is 0 Å². The minimum absolute atomic E-state index is 0. The maximum Gasteiger partial charge on any atom is 0.501 e. The van der Waals surface area contributed by atoms with Gasteiger partial charge in [-0.05, 0) is 33.6 Å². The summed E-state index contributed by atoms with van der Waals surface area (Å²) in [4.78, 5) is 2.36. The van der Waals surface area contributed by atoms with Crippen molar-refractivity contribution >= 4 is 23.9 Å². The molecule has 0 radical (unpaired) electrons. The predicted molar refractivity (Wildman–Crippen MR) is 114 cm³/mol. The second kappa shape index (κ2) is 16.1. The summed E-state index contributed by atoms with van der Waals surface area (Å²) < 4.78 is 36.7. The minimum Gasteiger partial charge on any atom is -1.00 e. The Bertz CT molecular complexity index is 433. The lowest BCUT2D eigenvalue weighted by molar-refractivity contribution is -0.513. The molecule has 0 aromatic carbocycles. The molecule has 174 valence electrons. The van der Waals surface area contributed by atoms with E-state index in [2.05, 4.69) is 15.8 Å². The van der Waals surface area contributed by atoms with Crippen LogP contribution >= 0.6 is 0 Å². The van der Waals surface area contributed by atoms with Crippen LogP contribution in [0.3, 0.4) is 0 Å². The summed E-state index contributed by atoms with van der Waals surface area (Å²) in [6.45, 7) is 12.0. The normalized spacial score (nSPS) is 14.8. The monoisotopic (exact) mass is 564 g/mol. The summed E-state index contributed by atoms with van der Waals surface area (Å²) in [5.74, 6) is 0. The Morgan fingerprint density at radius 3 is 1.83 bits per heavy atom. The van der Waals surface area contributed by atoms with Crippen molar-refractivity contribution in [1.29, 1.82) is 0 Å². The van der Waals surface area contributed by atoms with Crippen LogP contribution in [0.25, 0.3) is 0 Å².